The first-order valence-corrected chi connectivity index (χ1v) is 4.87. The van der Waals surface area contributed by atoms with E-state index in [9.17, 15) is 9.90 Å². The van der Waals surface area contributed by atoms with Gasteiger partial charge in [-0.05, 0) is 19.9 Å². The maximum Gasteiger partial charge on any atom is 0.331 e. The molecule has 0 bridgehead atoms. The van der Waals surface area contributed by atoms with Gasteiger partial charge in [-0.15, -0.1) is 0 Å². The summed E-state index contributed by atoms with van der Waals surface area (Å²) in [7, 11) is 0. The average Bonchev–Trinajstić information content (AvgIpc) is 2.71. The van der Waals surface area contributed by atoms with Crippen molar-refractivity contribution in [1.82, 2.24) is 0 Å². The first-order valence-electron chi connectivity index (χ1n) is 4.87. The number of ether oxygens (including phenoxy) is 3. The summed E-state index contributed by atoms with van der Waals surface area (Å²) >= 11 is 0. The van der Waals surface area contributed by atoms with E-state index in [4.69, 9.17) is 14.2 Å². The Morgan fingerprint density at radius 3 is 2.80 bits per heavy atom. The summed E-state index contributed by atoms with van der Waals surface area (Å²) in [5, 5.41) is 9.87. The van der Waals surface area contributed by atoms with Crippen LogP contribution >= 0.6 is 0 Å². The average molecular weight is 214 g/mol. The molecular weight excluding hydrogens is 200 g/mol. The van der Waals surface area contributed by atoms with E-state index < -0.39 is 30.1 Å². The monoisotopic (exact) mass is 214 g/mol. The lowest BCUT2D eigenvalue weighted by Gasteiger charge is -2.23. The van der Waals surface area contributed by atoms with Gasteiger partial charge in [-0.1, -0.05) is 0 Å². The van der Waals surface area contributed by atoms with Crippen molar-refractivity contribution in [2.24, 2.45) is 0 Å². The molecule has 1 N–H and O–H groups in total. The molecule has 1 saturated heterocycles. The first-order chi connectivity index (χ1) is 6.98. The summed E-state index contributed by atoms with van der Waals surface area (Å²) in [6.07, 6.45) is 0.867. The number of carbonyl (C=O) groups is 1. The van der Waals surface area contributed by atoms with Crippen molar-refractivity contribution in [3.63, 3.8) is 0 Å². The van der Waals surface area contributed by atoms with Crippen LogP contribution in [0.5, 0.6) is 0 Å². The molecule has 2 aliphatic heterocycles. The Morgan fingerprint density at radius 2 is 2.33 bits per heavy atom. The number of hydrogen-bond acceptors (Lipinski definition) is 5. The maximum absolute atomic E-state index is 10.8. The third-order valence-corrected chi connectivity index (χ3v) is 2.42. The van der Waals surface area contributed by atoms with Crippen molar-refractivity contribution >= 4 is 5.97 Å². The highest BCUT2D eigenvalue weighted by atomic mass is 16.7. The van der Waals surface area contributed by atoms with Gasteiger partial charge in [-0.25, -0.2) is 4.79 Å². The smallest absolute Gasteiger partial charge is 0.331 e. The van der Waals surface area contributed by atoms with Gasteiger partial charge < -0.3 is 19.3 Å². The summed E-state index contributed by atoms with van der Waals surface area (Å²) in [6.45, 7) is 3.85. The molecule has 2 rings (SSSR count). The normalized spacial score (nSPS) is 35.5. The predicted molar refractivity (Wildman–Crippen MR) is 49.9 cm³/mol. The van der Waals surface area contributed by atoms with Crippen molar-refractivity contribution in [1.29, 1.82) is 0 Å². The van der Waals surface area contributed by atoms with E-state index in [1.807, 2.05) is 0 Å². The van der Waals surface area contributed by atoms with Crippen LogP contribution in [0.1, 0.15) is 13.8 Å². The van der Waals surface area contributed by atoms with Crippen LogP contribution in [-0.4, -0.2) is 41.8 Å². The summed E-state index contributed by atoms with van der Waals surface area (Å²) in [6, 6.07) is 0. The molecule has 1 fully saturated rings. The largest absolute Gasteiger partial charge is 0.452 e. The topological polar surface area (TPSA) is 65.0 Å². The molecule has 0 spiro atoms. The van der Waals surface area contributed by atoms with Gasteiger partial charge in [-0.3, -0.25) is 0 Å². The Bertz CT molecular complexity index is 296. The molecule has 0 radical (unpaired) electrons. The Morgan fingerprint density at radius 1 is 1.60 bits per heavy atom. The van der Waals surface area contributed by atoms with Crippen LogP contribution in [0.25, 0.3) is 0 Å². The number of esters is 1. The van der Waals surface area contributed by atoms with E-state index in [0.717, 1.165) is 0 Å². The van der Waals surface area contributed by atoms with Crippen LogP contribution in [0.2, 0.25) is 0 Å². The molecule has 0 aromatic rings. The first kappa shape index (κ1) is 10.6. The third kappa shape index (κ3) is 2.19. The molecule has 15 heavy (non-hydrogen) atoms. The van der Waals surface area contributed by atoms with Crippen molar-refractivity contribution in [3.8, 4) is 0 Å². The molecule has 5 heteroatoms. The van der Waals surface area contributed by atoms with E-state index in [1.54, 1.807) is 13.8 Å². The minimum absolute atomic E-state index is 0.302. The van der Waals surface area contributed by atoms with Gasteiger partial charge in [0, 0.05) is 6.08 Å². The Balaban J connectivity index is 1.95. The molecule has 5 nitrogen and oxygen atoms in total. The fraction of sp³-hybridized carbons (Fsp3) is 0.700. The molecule has 0 aromatic heterocycles. The molecule has 3 atom stereocenters. The van der Waals surface area contributed by atoms with Crippen LogP contribution < -0.4 is 0 Å². The third-order valence-electron chi connectivity index (χ3n) is 2.42. The number of rotatable bonds is 2. The number of aliphatic hydroxyl groups excluding tert-OH is 1. The fourth-order valence-corrected chi connectivity index (χ4v) is 1.66. The second-order valence-electron chi connectivity index (χ2n) is 4.12. The molecule has 0 saturated carbocycles. The summed E-state index contributed by atoms with van der Waals surface area (Å²) < 4.78 is 15.6. The van der Waals surface area contributed by atoms with Crippen molar-refractivity contribution in [2.75, 3.05) is 6.61 Å². The molecule has 2 aliphatic rings. The zero-order chi connectivity index (χ0) is 11.1. The lowest BCUT2D eigenvalue weighted by molar-refractivity contribution is -0.164. The minimum Gasteiger partial charge on any atom is -0.452 e. The lowest BCUT2D eigenvalue weighted by atomic mass is 10.1. The molecule has 0 amide bonds. The van der Waals surface area contributed by atoms with Gasteiger partial charge in [0.25, 0.3) is 0 Å². The van der Waals surface area contributed by atoms with Gasteiger partial charge in [0.1, 0.15) is 18.3 Å². The van der Waals surface area contributed by atoms with Gasteiger partial charge in [0.05, 0.1) is 6.61 Å². The molecule has 0 aliphatic carbocycles. The van der Waals surface area contributed by atoms with E-state index >= 15 is 0 Å². The summed E-state index contributed by atoms with van der Waals surface area (Å²) in [4.78, 5) is 10.8. The van der Waals surface area contributed by atoms with Gasteiger partial charge in [-0.2, -0.15) is 0 Å². The molecule has 0 unspecified atom stereocenters. The number of aliphatic hydroxyl groups is 1. The predicted octanol–water partition coefficient (Wildman–Crippen LogP) is -0.0196. The fourth-order valence-electron chi connectivity index (χ4n) is 1.66. The zero-order valence-corrected chi connectivity index (χ0v) is 8.67. The molecule has 0 aromatic carbocycles. The summed E-state index contributed by atoms with van der Waals surface area (Å²) in [5.74, 6) is -1.12. The van der Waals surface area contributed by atoms with Gasteiger partial charge >= 0.3 is 5.97 Å². The maximum atomic E-state index is 10.8. The molecule has 2 heterocycles. The van der Waals surface area contributed by atoms with Crippen LogP contribution in [0.3, 0.4) is 0 Å². The Hall–Kier alpha value is -0.910. The zero-order valence-electron chi connectivity index (χ0n) is 8.67. The number of carbonyl (C=O) groups excluding carboxylic acids is 1. The van der Waals surface area contributed by atoms with Gasteiger partial charge in [0.2, 0.25) is 0 Å². The second-order valence-corrected chi connectivity index (χ2v) is 4.12. The van der Waals surface area contributed by atoms with Gasteiger partial charge in [0.15, 0.2) is 5.79 Å². The number of cyclic esters (lactones) is 1. The van der Waals surface area contributed by atoms with Crippen molar-refractivity contribution in [3.05, 3.63) is 12.2 Å². The second kappa shape index (κ2) is 3.59. The quantitative estimate of drug-likeness (QED) is 0.654. The standard InChI is InChI=1S/C10H14O5/c1-10(2)13-5-7(15-10)9(12)6-3-4-8(11)14-6/h3-4,6-7,9,12H,5H2,1-2H3/t6-,7+,9-/m0/s1. The van der Waals surface area contributed by atoms with Crippen molar-refractivity contribution in [2.45, 2.75) is 37.9 Å². The SMILES string of the molecule is CC1(C)OC[C@H]([C@@H](O)[C@@H]2C=CC(=O)O2)O1. The van der Waals surface area contributed by atoms with Crippen molar-refractivity contribution < 1.29 is 24.1 Å². The molecule has 84 valence electrons. The Labute approximate surface area is 87.6 Å². The van der Waals surface area contributed by atoms with Crippen LogP contribution in [0.15, 0.2) is 12.2 Å². The summed E-state index contributed by atoms with van der Waals surface area (Å²) in [5.41, 5.74) is 0. The Kier molecular flexibility index (Phi) is 2.54. The number of hydrogen-bond donors (Lipinski definition) is 1. The van der Waals surface area contributed by atoms with E-state index in [1.165, 1.54) is 12.2 Å². The highest BCUT2D eigenvalue weighted by Gasteiger charge is 2.41. The minimum atomic E-state index is -0.880. The van der Waals surface area contributed by atoms with Crippen LogP contribution in [0, 0.1) is 0 Å². The molecular formula is C10H14O5. The van der Waals surface area contributed by atoms with E-state index in [-0.39, 0.29) is 0 Å². The lowest BCUT2D eigenvalue weighted by Crippen LogP contribution is -2.39. The highest BCUT2D eigenvalue weighted by Crippen LogP contribution is 2.26. The van der Waals surface area contributed by atoms with Crippen LogP contribution in [0.4, 0.5) is 0 Å². The van der Waals surface area contributed by atoms with Crippen LogP contribution in [-0.2, 0) is 19.0 Å². The van der Waals surface area contributed by atoms with E-state index in [0.29, 0.717) is 6.61 Å². The van der Waals surface area contributed by atoms with E-state index in [2.05, 4.69) is 0 Å². The highest BCUT2D eigenvalue weighted by molar-refractivity contribution is 5.84.